The molecule has 0 aliphatic carbocycles. The highest BCUT2D eigenvalue weighted by atomic mass is 35.5. The van der Waals surface area contributed by atoms with Crippen molar-refractivity contribution < 1.29 is 174 Å². The van der Waals surface area contributed by atoms with Crippen molar-refractivity contribution in [2.75, 3.05) is 46.1 Å². The second-order valence-corrected chi connectivity index (χ2v) is 39.0. The maximum atomic E-state index is 14.5. The first-order valence-electron chi connectivity index (χ1n) is 40.7. The average molecular weight is 2140 g/mol. The number of carbonyl (C=O) groups excluding carboxylic acids is 9. The minimum atomic E-state index is -6.85. The molecule has 3 saturated heterocycles. The summed E-state index contributed by atoms with van der Waals surface area (Å²) >= 11 is 17.3. The summed E-state index contributed by atoms with van der Waals surface area (Å²) in [4.78, 5) is 118. The predicted molar refractivity (Wildman–Crippen MR) is 470 cm³/mol. The highest BCUT2D eigenvalue weighted by Gasteiger charge is 2.58. The number of Topliss-reactive ketones (excluding diaryl/α,β-unsaturated/α-hetero) is 3. The Morgan fingerprint density at radius 1 is 0.453 bits per heavy atom. The summed E-state index contributed by atoms with van der Waals surface area (Å²) in [5.41, 5.74) is -16.2. The first-order valence-corrected chi connectivity index (χ1v) is 48.7. The van der Waals surface area contributed by atoms with Gasteiger partial charge in [-0.1, -0.05) is 77.3 Å². The van der Waals surface area contributed by atoms with E-state index in [1.54, 1.807) is 64.1 Å². The standard InChI is InChI=1S/C28H31ClF2N3O6P.C25H21ClF5N3O6S.C24H22ClF2N3O4.C4H10O3P.C2F6O5S2/c1-4-39-41(38,40-5-2)20-9-10-21-22(17(3)35)15-33(24(21)12-20)16-26(36)34-14-19(30)11-25(34)28(37)32-13-18-7-6-8-23(29)27(18)31;1-13(35)18-11-33(20-8-16(5-6-17(18)20)40-41(38,39)25(29,30)31)12-22(36)34-10-15(27)7-21(34)24(37)32-9-14-3-2-4-19(26)23(14)28;1-13(31)18-11-29(20-8-16(32)5-6-17(18)20)12-22(33)30-10-15(26)7-21(30)24(34)28-9-14-3-2-4-19(25)23(14)27;1-3-6-8(5)7-4-2;3-1(4,5)14(9,10)13-15(11,12)2(6,7)8/h6-10,12,15,19,25H,4-5,11,13-14,16H2,1-3H3,(H,32,37);2-6,8,11,15,21H,7,9-10,12H2,1H3,(H,32,37);2-6,8,11,15,21,32H,7,9-10,12H2,1H3,(H,28,34);3-4H2,1-2H3;/q;;;+1;/t19-,25+;2*15-,21+;;/m111../s1. The van der Waals surface area contributed by atoms with E-state index in [0.717, 1.165) is 37.5 Å². The van der Waals surface area contributed by atoms with Crippen LogP contribution in [0.15, 0.2) is 128 Å². The molecule has 4 N–H and O–H groups in total. The lowest BCUT2D eigenvalue weighted by Crippen LogP contribution is -2.46. The first-order chi connectivity index (χ1) is 64.7. The molecule has 33 nitrogen and oxygen atoms in total. The Kier molecular flexibility index (Phi) is 38.9. The molecule has 3 aliphatic heterocycles. The molecule has 6 aromatic carbocycles. The Hall–Kier alpha value is -10.8. The summed E-state index contributed by atoms with van der Waals surface area (Å²) in [6.07, 6.45) is -0.869. The van der Waals surface area contributed by atoms with Gasteiger partial charge in [0.1, 0.15) is 98.4 Å². The molecule has 6 heterocycles. The van der Waals surface area contributed by atoms with Crippen LogP contribution >= 0.6 is 50.7 Å². The van der Waals surface area contributed by atoms with E-state index in [-0.39, 0.29) is 149 Å². The van der Waals surface area contributed by atoms with Crippen molar-refractivity contribution >= 4 is 172 Å². The molecule has 3 fully saturated rings. The predicted octanol–water partition coefficient (Wildman–Crippen LogP) is 14.9. The maximum absolute atomic E-state index is 14.5. The van der Waals surface area contributed by atoms with Gasteiger partial charge in [-0.25, -0.2) is 26.3 Å². The molecule has 0 bridgehead atoms. The van der Waals surface area contributed by atoms with Crippen LogP contribution in [0, 0.1) is 17.5 Å². The van der Waals surface area contributed by atoms with Crippen LogP contribution in [0.5, 0.6) is 11.5 Å². The van der Waals surface area contributed by atoms with Crippen LogP contribution in [0.2, 0.25) is 15.1 Å². The summed E-state index contributed by atoms with van der Waals surface area (Å²) in [5.74, 6) is -7.61. The number of hydrogen-bond acceptors (Lipinski definition) is 24. The molecule has 758 valence electrons. The highest BCUT2D eigenvalue weighted by molar-refractivity contribution is 8.00. The molecule has 0 unspecified atom stereocenters. The molecule has 9 aromatic rings. The summed E-state index contributed by atoms with van der Waals surface area (Å²) in [6.45, 7) is 9.26. The number of phenols is 1. The van der Waals surface area contributed by atoms with Crippen molar-refractivity contribution in [3.63, 3.8) is 0 Å². The van der Waals surface area contributed by atoms with Gasteiger partial charge in [0.2, 0.25) is 35.4 Å². The number of phenolic OH excluding ortho intramolecular Hbond substituents is 1. The molecule has 0 radical (unpaired) electrons. The molecule has 3 aromatic heterocycles. The number of nitrogens with one attached hydrogen (secondary N) is 3. The summed E-state index contributed by atoms with van der Waals surface area (Å²) in [6, 6.07) is 21.7. The van der Waals surface area contributed by atoms with Gasteiger partial charge >= 0.3 is 62.7 Å². The van der Waals surface area contributed by atoms with Crippen molar-refractivity contribution in [2.45, 2.75) is 160 Å². The largest absolute Gasteiger partial charge is 0.697 e. The number of carbonyl (C=O) groups is 9. The van der Waals surface area contributed by atoms with E-state index >= 15 is 0 Å². The number of halogens is 18. The molecular weight excluding hydrogens is 2060 g/mol. The molecule has 12 rings (SSSR count). The third-order valence-electron chi connectivity index (χ3n) is 20.3. The zero-order chi connectivity index (χ0) is 104. The summed E-state index contributed by atoms with van der Waals surface area (Å²) < 4.78 is 309. The number of aromatic hydroxyl groups is 1. The van der Waals surface area contributed by atoms with Crippen molar-refractivity contribution in [3.05, 3.63) is 194 Å². The summed E-state index contributed by atoms with van der Waals surface area (Å²) in [7, 11) is -25.2. The van der Waals surface area contributed by atoms with Crippen LogP contribution in [-0.2, 0) is 129 Å². The average Bonchev–Trinajstić information content (AvgIpc) is 1.74. The SMILES string of the molecule is CC(=O)c1cn(CC(=O)N2C[C@H](F)C[C@H]2C(=O)NCc2cccc(Cl)c2F)c2cc(O)ccc12.CC(=O)c1cn(CC(=O)N2C[C@H](F)C[C@H]2C(=O)NCc2cccc(Cl)c2F)c2cc(OS(=O)(=O)C(F)(F)F)ccc12.CCOP(=O)(OCC)c1ccc2c(C(C)=O)cn(CC(=O)N3C[C@H](F)C[C@H]3C(=O)NCc3cccc(Cl)c3F)c2c1.CCO[P+](=O)OCC.O=S(=O)(OS(=O)(=O)C(F)(F)F)C(F)(F)F. The van der Waals surface area contributed by atoms with Crippen molar-refractivity contribution in [1.29, 1.82) is 0 Å². The van der Waals surface area contributed by atoms with Crippen molar-refractivity contribution in [3.8, 4) is 11.5 Å². The number of benzene rings is 6. The number of likely N-dealkylation sites (tertiary alicyclic amines) is 3. The molecule has 0 spiro atoms. The number of hydrogen-bond donors (Lipinski definition) is 4. The number of amides is 6. The van der Waals surface area contributed by atoms with Gasteiger partial charge in [-0.3, -0.25) is 47.7 Å². The van der Waals surface area contributed by atoms with E-state index in [0.29, 0.717) is 46.1 Å². The normalized spacial score (nSPS) is 16.8. The van der Waals surface area contributed by atoms with Crippen LogP contribution in [0.4, 0.5) is 65.9 Å². The third kappa shape index (κ3) is 28.8. The van der Waals surface area contributed by atoms with Gasteiger partial charge in [0.05, 0.1) is 69.8 Å². The monoisotopic (exact) mass is 2140 g/mol. The molecule has 3 aliphatic rings. The van der Waals surface area contributed by atoms with Gasteiger partial charge in [-0.05, 0) is 103 Å². The van der Waals surface area contributed by atoms with Crippen LogP contribution in [0.25, 0.3) is 32.7 Å². The van der Waals surface area contributed by atoms with E-state index in [1.807, 2.05) is 3.63 Å². The Labute approximate surface area is 797 Å². The fourth-order valence-electron chi connectivity index (χ4n) is 14.0. The number of aromatic nitrogens is 3. The topological polar surface area (TPSA) is 426 Å². The number of alkyl halides is 12. The number of nitrogens with zero attached hydrogens (tertiary/aromatic N) is 6. The van der Waals surface area contributed by atoms with Gasteiger partial charge in [0, 0.05) is 124 Å². The molecule has 56 heteroatoms. The number of ketones is 3. The van der Waals surface area contributed by atoms with Crippen LogP contribution in [0.3, 0.4) is 0 Å². The molecular formula is C83H84Cl3F15N9O24P2S3+. The van der Waals surface area contributed by atoms with Crippen LogP contribution < -0.4 is 25.4 Å². The lowest BCUT2D eigenvalue weighted by Gasteiger charge is -2.24. The third-order valence-corrected chi connectivity index (χ3v) is 27.8. The van der Waals surface area contributed by atoms with Gasteiger partial charge in [-0.2, -0.15) is 64.8 Å². The first kappa shape index (κ1) is 113. The molecule has 0 saturated carbocycles. The quantitative estimate of drug-likeness (QED) is 0.0103. The second-order valence-electron chi connectivity index (χ2n) is 30.0. The second kappa shape index (κ2) is 47.6. The Morgan fingerprint density at radius 3 is 1.07 bits per heavy atom. The van der Waals surface area contributed by atoms with Gasteiger partial charge in [0.15, 0.2) is 17.3 Å². The minimum absolute atomic E-state index is 0.0214. The fraction of sp³-hybridized carbons (Fsp3) is 0.386. The molecule has 6 atom stereocenters. The van der Waals surface area contributed by atoms with Gasteiger partial charge < -0.3 is 62.7 Å². The van der Waals surface area contributed by atoms with Crippen LogP contribution in [0.1, 0.15) is 115 Å². The van der Waals surface area contributed by atoms with Gasteiger partial charge in [0.25, 0.3) is 0 Å². The van der Waals surface area contributed by atoms with Gasteiger partial charge in [-0.15, -0.1) is 12.7 Å². The Balaban J connectivity index is 0.000000230. The highest BCUT2D eigenvalue weighted by Crippen LogP contribution is 2.48. The minimum Gasteiger partial charge on any atom is -0.508 e. The zero-order valence-electron chi connectivity index (χ0n) is 73.3. The van der Waals surface area contributed by atoms with E-state index < -0.39 is 177 Å². The van der Waals surface area contributed by atoms with Crippen molar-refractivity contribution in [2.24, 2.45) is 0 Å². The van der Waals surface area contributed by atoms with E-state index in [9.17, 15) is 148 Å². The lowest BCUT2D eigenvalue weighted by molar-refractivity contribution is -0.139. The maximum Gasteiger partial charge on any atom is 0.697 e. The lowest BCUT2D eigenvalue weighted by atomic mass is 10.1. The van der Waals surface area contributed by atoms with Crippen LogP contribution in [-0.4, -0.2) is 211 Å². The zero-order valence-corrected chi connectivity index (χ0v) is 79.9. The Bertz CT molecular complexity index is 6500. The molecule has 139 heavy (non-hydrogen) atoms. The van der Waals surface area contributed by atoms with E-state index in [2.05, 4.69) is 29.2 Å². The Morgan fingerprint density at radius 2 is 0.763 bits per heavy atom. The van der Waals surface area contributed by atoms with E-state index in [4.69, 9.17) is 43.9 Å². The summed E-state index contributed by atoms with van der Waals surface area (Å²) in [5, 5.41) is 18.6. The van der Waals surface area contributed by atoms with Crippen molar-refractivity contribution in [1.82, 2.24) is 44.4 Å². The number of fused-ring (bicyclic) bond motifs is 3. The molecule has 6 amide bonds. The van der Waals surface area contributed by atoms with E-state index in [1.165, 1.54) is 103 Å². The fourth-order valence-corrected chi connectivity index (χ4v) is 18.7. The number of rotatable bonds is 31. The smallest absolute Gasteiger partial charge is 0.508 e.